The molecule has 0 aliphatic rings. The van der Waals surface area contributed by atoms with Crippen LogP contribution in [0.2, 0.25) is 0 Å². The third kappa shape index (κ3) is 3.06. The van der Waals surface area contributed by atoms with Gasteiger partial charge in [-0.3, -0.25) is 9.59 Å². The number of fused-ring (bicyclic) bond motifs is 1. The Kier molecular flexibility index (Phi) is 4.42. The molecule has 0 saturated carbocycles. The lowest BCUT2D eigenvalue weighted by molar-refractivity contribution is -0.122. The summed E-state index contributed by atoms with van der Waals surface area (Å²) < 4.78 is 1.83. The van der Waals surface area contributed by atoms with Crippen LogP contribution in [0.5, 0.6) is 0 Å². The number of amides is 1. The molecule has 2 aromatic heterocycles. The van der Waals surface area contributed by atoms with E-state index in [-0.39, 0.29) is 6.47 Å². The summed E-state index contributed by atoms with van der Waals surface area (Å²) in [5, 5.41) is 6.89. The van der Waals surface area contributed by atoms with Gasteiger partial charge in [0.1, 0.15) is 5.52 Å². The quantitative estimate of drug-likeness (QED) is 0.675. The number of rotatable bonds is 2. The minimum Gasteiger partial charge on any atom is -0.483 e. The molecule has 0 spiro atoms. The van der Waals surface area contributed by atoms with Gasteiger partial charge in [0.2, 0.25) is 5.91 Å². The van der Waals surface area contributed by atoms with Gasteiger partial charge in [0.05, 0.1) is 12.5 Å². The van der Waals surface area contributed by atoms with Crippen molar-refractivity contribution < 1.29 is 14.7 Å². The van der Waals surface area contributed by atoms with Gasteiger partial charge in [0.15, 0.2) is 11.5 Å². The number of aromatic nitrogens is 4. The van der Waals surface area contributed by atoms with Crippen molar-refractivity contribution in [3.8, 4) is 11.4 Å². The zero-order valence-electron chi connectivity index (χ0n) is 11.7. The summed E-state index contributed by atoms with van der Waals surface area (Å²) in [7, 11) is 1.88. The molecule has 1 aromatic carbocycles. The minimum absolute atomic E-state index is 0.250. The number of nitrogens with two attached hydrogens (primary N) is 1. The molecule has 8 nitrogen and oxygen atoms in total. The highest BCUT2D eigenvalue weighted by molar-refractivity contribution is 5.93. The Bertz CT molecular complexity index is 811. The Morgan fingerprint density at radius 3 is 2.50 bits per heavy atom. The van der Waals surface area contributed by atoms with Gasteiger partial charge in [0, 0.05) is 18.2 Å². The fourth-order valence-corrected chi connectivity index (χ4v) is 1.84. The van der Waals surface area contributed by atoms with Gasteiger partial charge in [-0.15, -0.1) is 0 Å². The number of carboxylic acid groups (broad SMARTS) is 1. The lowest BCUT2D eigenvalue weighted by Gasteiger charge is -2.01. The van der Waals surface area contributed by atoms with Crippen LogP contribution < -0.4 is 5.73 Å². The maximum absolute atomic E-state index is 11.0. The first-order chi connectivity index (χ1) is 10.6. The predicted octanol–water partition coefficient (Wildman–Crippen LogP) is 0.830. The zero-order chi connectivity index (χ0) is 16.1. The van der Waals surface area contributed by atoms with E-state index < -0.39 is 5.91 Å². The largest absolute Gasteiger partial charge is 0.483 e. The maximum atomic E-state index is 11.0. The number of hydrogen-bond donors (Lipinski definition) is 2. The van der Waals surface area contributed by atoms with Crippen LogP contribution in [0, 0.1) is 0 Å². The number of hydrogen-bond acceptors (Lipinski definition) is 5. The van der Waals surface area contributed by atoms with Crippen molar-refractivity contribution in [2.75, 3.05) is 0 Å². The highest BCUT2D eigenvalue weighted by Gasteiger charge is 2.07. The third-order valence-electron chi connectivity index (χ3n) is 2.88. The summed E-state index contributed by atoms with van der Waals surface area (Å²) >= 11 is 0. The summed E-state index contributed by atoms with van der Waals surface area (Å²) in [6.45, 7) is -0.250. The maximum Gasteiger partial charge on any atom is 0.290 e. The van der Waals surface area contributed by atoms with Crippen molar-refractivity contribution in [1.29, 1.82) is 0 Å². The van der Waals surface area contributed by atoms with Crippen LogP contribution >= 0.6 is 0 Å². The van der Waals surface area contributed by atoms with Gasteiger partial charge < -0.3 is 15.4 Å². The molecule has 2 heterocycles. The van der Waals surface area contributed by atoms with E-state index in [2.05, 4.69) is 15.0 Å². The van der Waals surface area contributed by atoms with Gasteiger partial charge in [-0.2, -0.15) is 0 Å². The van der Waals surface area contributed by atoms with Crippen molar-refractivity contribution >= 4 is 23.5 Å². The summed E-state index contributed by atoms with van der Waals surface area (Å²) in [6.07, 6.45) is 3.37. The van der Waals surface area contributed by atoms with Gasteiger partial charge in [-0.25, -0.2) is 15.0 Å². The topological polar surface area (TPSA) is 124 Å². The van der Waals surface area contributed by atoms with Gasteiger partial charge in [-0.1, -0.05) is 12.1 Å². The Morgan fingerprint density at radius 2 is 1.91 bits per heavy atom. The average molecular weight is 299 g/mol. The standard InChI is InChI=1S/C13H11N5O.CH2O2/c1-18-7-16-10-6-15-12(17-13(10)18)9-4-2-8(3-5-9)11(14)19;2-1-3/h2-7H,1H3,(H2,14,19);1H,(H,2,3). The van der Waals surface area contributed by atoms with Crippen LogP contribution in [0.15, 0.2) is 36.8 Å². The third-order valence-corrected chi connectivity index (χ3v) is 2.88. The van der Waals surface area contributed by atoms with Crippen molar-refractivity contribution in [1.82, 2.24) is 19.5 Å². The fraction of sp³-hybridized carbons (Fsp3) is 0.0714. The molecular weight excluding hydrogens is 286 g/mol. The van der Waals surface area contributed by atoms with Crippen molar-refractivity contribution in [2.24, 2.45) is 12.8 Å². The lowest BCUT2D eigenvalue weighted by atomic mass is 10.1. The first-order valence-electron chi connectivity index (χ1n) is 6.19. The van der Waals surface area contributed by atoms with E-state index in [0.717, 1.165) is 16.7 Å². The van der Waals surface area contributed by atoms with Gasteiger partial charge in [0.25, 0.3) is 6.47 Å². The predicted molar refractivity (Wildman–Crippen MR) is 79.0 cm³/mol. The second kappa shape index (κ2) is 6.44. The van der Waals surface area contributed by atoms with Crippen LogP contribution in [-0.4, -0.2) is 37.0 Å². The molecule has 0 unspecified atom stereocenters. The molecule has 3 rings (SSSR count). The molecule has 22 heavy (non-hydrogen) atoms. The molecule has 8 heteroatoms. The Labute approximate surface area is 125 Å². The van der Waals surface area contributed by atoms with Crippen LogP contribution in [0.25, 0.3) is 22.6 Å². The highest BCUT2D eigenvalue weighted by Crippen LogP contribution is 2.18. The van der Waals surface area contributed by atoms with Crippen molar-refractivity contribution in [3.63, 3.8) is 0 Å². The number of carbonyl (C=O) groups excluding carboxylic acids is 1. The van der Waals surface area contributed by atoms with Gasteiger partial charge in [-0.05, 0) is 12.1 Å². The van der Waals surface area contributed by atoms with E-state index in [1.54, 1.807) is 36.8 Å². The SMILES string of the molecule is Cn1cnc2cnc(-c3ccc(C(N)=O)cc3)nc21.O=CO. The summed E-state index contributed by atoms with van der Waals surface area (Å²) in [5.74, 6) is 0.140. The fourth-order valence-electron chi connectivity index (χ4n) is 1.84. The Balaban J connectivity index is 0.000000545. The van der Waals surface area contributed by atoms with Crippen LogP contribution in [0.1, 0.15) is 10.4 Å². The molecule has 0 bridgehead atoms. The van der Waals surface area contributed by atoms with E-state index in [4.69, 9.17) is 15.6 Å². The van der Waals surface area contributed by atoms with E-state index >= 15 is 0 Å². The molecule has 0 atom stereocenters. The molecule has 0 fully saturated rings. The smallest absolute Gasteiger partial charge is 0.290 e. The average Bonchev–Trinajstić information content (AvgIpc) is 2.89. The number of benzene rings is 1. The molecule has 0 aliphatic heterocycles. The number of primary amides is 1. The lowest BCUT2D eigenvalue weighted by Crippen LogP contribution is -2.10. The second-order valence-electron chi connectivity index (χ2n) is 4.30. The minimum atomic E-state index is -0.449. The molecule has 0 radical (unpaired) electrons. The zero-order valence-corrected chi connectivity index (χ0v) is 11.7. The second-order valence-corrected chi connectivity index (χ2v) is 4.30. The first kappa shape index (κ1) is 15.1. The Morgan fingerprint density at radius 1 is 1.27 bits per heavy atom. The van der Waals surface area contributed by atoms with Gasteiger partial charge >= 0.3 is 0 Å². The molecule has 3 N–H and O–H groups in total. The van der Waals surface area contributed by atoms with Crippen LogP contribution in [0.3, 0.4) is 0 Å². The van der Waals surface area contributed by atoms with E-state index in [1.165, 1.54) is 0 Å². The summed E-state index contributed by atoms with van der Waals surface area (Å²) in [6, 6.07) is 6.87. The summed E-state index contributed by atoms with van der Waals surface area (Å²) in [5.41, 5.74) is 8.01. The van der Waals surface area contributed by atoms with E-state index in [9.17, 15) is 4.79 Å². The summed E-state index contributed by atoms with van der Waals surface area (Å²) in [4.78, 5) is 32.3. The molecule has 1 amide bonds. The molecule has 112 valence electrons. The van der Waals surface area contributed by atoms with E-state index in [1.807, 2.05) is 11.6 Å². The molecule has 3 aromatic rings. The normalized spacial score (nSPS) is 9.86. The van der Waals surface area contributed by atoms with E-state index in [0.29, 0.717) is 11.4 Å². The van der Waals surface area contributed by atoms with Crippen molar-refractivity contribution in [3.05, 3.63) is 42.4 Å². The van der Waals surface area contributed by atoms with Crippen molar-refractivity contribution in [2.45, 2.75) is 0 Å². The first-order valence-corrected chi connectivity index (χ1v) is 6.19. The van der Waals surface area contributed by atoms with Crippen LogP contribution in [0.4, 0.5) is 0 Å². The molecule has 0 aliphatic carbocycles. The molecule has 0 saturated heterocycles. The monoisotopic (exact) mass is 299 g/mol. The highest BCUT2D eigenvalue weighted by atomic mass is 16.3. The van der Waals surface area contributed by atoms with Crippen LogP contribution in [-0.2, 0) is 11.8 Å². The molecular formula is C14H13N5O3. The number of nitrogens with zero attached hydrogens (tertiary/aromatic N) is 4. The number of carbonyl (C=O) groups is 2. The number of aryl methyl sites for hydroxylation is 1. The Hall–Kier alpha value is -3.29. The number of imidazole rings is 1.